The van der Waals surface area contributed by atoms with E-state index in [2.05, 4.69) is 19.2 Å². The summed E-state index contributed by atoms with van der Waals surface area (Å²) in [6, 6.07) is 5.91. The summed E-state index contributed by atoms with van der Waals surface area (Å²) in [5, 5.41) is 14.2. The number of nitrogens with one attached hydrogen (secondary N) is 1. The summed E-state index contributed by atoms with van der Waals surface area (Å²) < 4.78 is 5.33. The van der Waals surface area contributed by atoms with E-state index in [4.69, 9.17) is 4.74 Å². The van der Waals surface area contributed by atoms with Crippen LogP contribution in [-0.2, 0) is 4.74 Å². The van der Waals surface area contributed by atoms with Crippen molar-refractivity contribution in [3.63, 3.8) is 0 Å². The zero-order valence-corrected chi connectivity index (χ0v) is 15.0. The van der Waals surface area contributed by atoms with Gasteiger partial charge in [-0.2, -0.15) is 0 Å². The topological polar surface area (TPSA) is 81.5 Å². The molecule has 1 N–H and O–H groups in total. The molecule has 0 heterocycles. The minimum atomic E-state index is -0.549. The smallest absolute Gasteiger partial charge is 0.338 e. The first-order chi connectivity index (χ1) is 11.2. The van der Waals surface area contributed by atoms with Crippen molar-refractivity contribution in [3.8, 4) is 0 Å². The Morgan fingerprint density at radius 1 is 1.38 bits per heavy atom. The van der Waals surface area contributed by atoms with Gasteiger partial charge in [0.1, 0.15) is 6.61 Å². The number of ether oxygens (including phenoxy) is 1. The molecule has 1 aromatic carbocycles. The largest absolute Gasteiger partial charge is 0.460 e. The van der Waals surface area contributed by atoms with E-state index in [1.165, 1.54) is 43.5 Å². The Balaban J connectivity index is 2.52. The minimum Gasteiger partial charge on any atom is -0.460 e. The van der Waals surface area contributed by atoms with Crippen LogP contribution in [0.4, 0.5) is 5.69 Å². The van der Waals surface area contributed by atoms with Crippen molar-refractivity contribution in [2.45, 2.75) is 65.0 Å². The van der Waals surface area contributed by atoms with E-state index < -0.39 is 10.9 Å². The molecule has 1 aromatic rings. The molecule has 0 fully saturated rings. The highest BCUT2D eigenvalue weighted by Gasteiger charge is 2.23. The summed E-state index contributed by atoms with van der Waals surface area (Å²) in [6.07, 6.45) is 4.66. The third-order valence-electron chi connectivity index (χ3n) is 3.73. The fourth-order valence-electron chi connectivity index (χ4n) is 2.56. The third kappa shape index (κ3) is 7.08. The molecule has 0 aliphatic rings. The first-order valence-electron chi connectivity index (χ1n) is 8.44. The van der Waals surface area contributed by atoms with Gasteiger partial charge in [-0.25, -0.2) is 4.79 Å². The summed E-state index contributed by atoms with van der Waals surface area (Å²) in [5.74, 6) is -0.549. The second-order valence-electron chi connectivity index (χ2n) is 6.81. The lowest BCUT2D eigenvalue weighted by molar-refractivity contribution is -0.384. The lowest BCUT2D eigenvalue weighted by atomic mass is 10.0. The van der Waals surface area contributed by atoms with E-state index in [9.17, 15) is 14.9 Å². The van der Waals surface area contributed by atoms with Gasteiger partial charge in [0.15, 0.2) is 0 Å². The first-order valence-corrected chi connectivity index (χ1v) is 8.44. The maximum absolute atomic E-state index is 12.1. The van der Waals surface area contributed by atoms with Crippen LogP contribution in [0.2, 0.25) is 0 Å². The molecule has 0 radical (unpaired) electrons. The van der Waals surface area contributed by atoms with Crippen LogP contribution in [-0.4, -0.2) is 29.1 Å². The normalized spacial score (nSPS) is 12.7. The number of unbranched alkanes of at least 4 members (excludes halogenated alkanes) is 2. The van der Waals surface area contributed by atoms with Crippen LogP contribution in [0.25, 0.3) is 0 Å². The van der Waals surface area contributed by atoms with Crippen LogP contribution >= 0.6 is 0 Å². The Hall–Kier alpha value is -1.95. The van der Waals surface area contributed by atoms with Gasteiger partial charge in [0.2, 0.25) is 0 Å². The van der Waals surface area contributed by atoms with Crippen molar-refractivity contribution in [2.75, 3.05) is 6.61 Å². The van der Waals surface area contributed by atoms with Crippen LogP contribution in [0.5, 0.6) is 0 Å². The predicted octanol–water partition coefficient (Wildman–Crippen LogP) is 4.09. The minimum absolute atomic E-state index is 0.119. The van der Waals surface area contributed by atoms with E-state index in [1.54, 1.807) is 0 Å². The number of nitrogens with zero attached hydrogens (tertiary/aromatic N) is 1. The van der Waals surface area contributed by atoms with E-state index in [1.807, 2.05) is 13.8 Å². The summed E-state index contributed by atoms with van der Waals surface area (Å²) in [6.45, 7) is 8.45. The van der Waals surface area contributed by atoms with Crippen LogP contribution in [0.3, 0.4) is 0 Å². The number of nitro benzene ring substituents is 1. The van der Waals surface area contributed by atoms with Gasteiger partial charge in [-0.1, -0.05) is 32.3 Å². The molecular formula is C18H28N2O4. The number of hydrogen-bond donors (Lipinski definition) is 1. The predicted molar refractivity (Wildman–Crippen MR) is 94.2 cm³/mol. The Bertz CT molecular complexity index is 558. The third-order valence-corrected chi connectivity index (χ3v) is 3.73. The number of carbonyl (C=O) groups excluding carboxylic acids is 1. The number of carbonyl (C=O) groups is 1. The highest BCUT2D eigenvalue weighted by Crippen LogP contribution is 2.15. The van der Waals surface area contributed by atoms with Crippen LogP contribution < -0.4 is 5.32 Å². The molecule has 1 unspecified atom stereocenters. The summed E-state index contributed by atoms with van der Waals surface area (Å²) in [5.41, 5.74) is -0.287. The van der Waals surface area contributed by atoms with Gasteiger partial charge in [-0.05, 0) is 33.3 Å². The fraction of sp³-hybridized carbons (Fsp3) is 0.611. The lowest BCUT2D eigenvalue weighted by Crippen LogP contribution is -2.48. The molecule has 0 aromatic heterocycles. The lowest BCUT2D eigenvalue weighted by Gasteiger charge is -2.30. The number of benzene rings is 1. The molecule has 0 amide bonds. The molecular weight excluding hydrogens is 308 g/mol. The van der Waals surface area contributed by atoms with Crippen molar-refractivity contribution < 1.29 is 14.5 Å². The van der Waals surface area contributed by atoms with Crippen molar-refractivity contribution >= 4 is 11.7 Å². The number of rotatable bonds is 10. The molecule has 0 saturated carbocycles. The van der Waals surface area contributed by atoms with Gasteiger partial charge in [0, 0.05) is 23.7 Å². The van der Waals surface area contributed by atoms with Gasteiger partial charge in [-0.3, -0.25) is 10.1 Å². The van der Waals surface area contributed by atoms with E-state index in [0.717, 1.165) is 6.42 Å². The van der Waals surface area contributed by atoms with E-state index in [-0.39, 0.29) is 23.4 Å². The molecule has 0 spiro atoms. The quantitative estimate of drug-likeness (QED) is 0.301. The molecule has 0 aliphatic heterocycles. The van der Waals surface area contributed by atoms with Crippen LogP contribution in [0.1, 0.15) is 63.7 Å². The molecule has 6 heteroatoms. The Morgan fingerprint density at radius 2 is 2.08 bits per heavy atom. The van der Waals surface area contributed by atoms with Crippen molar-refractivity contribution in [1.29, 1.82) is 0 Å². The zero-order valence-electron chi connectivity index (χ0n) is 15.0. The summed E-state index contributed by atoms with van der Waals surface area (Å²) in [7, 11) is 0. The van der Waals surface area contributed by atoms with Gasteiger partial charge in [0.25, 0.3) is 5.69 Å². The number of non-ortho nitro benzene ring substituents is 1. The van der Waals surface area contributed by atoms with Crippen molar-refractivity contribution in [2.24, 2.45) is 0 Å². The zero-order chi connectivity index (χ0) is 18.2. The fourth-order valence-corrected chi connectivity index (χ4v) is 2.56. The second-order valence-corrected chi connectivity index (χ2v) is 6.81. The van der Waals surface area contributed by atoms with E-state index >= 15 is 0 Å². The monoisotopic (exact) mass is 336 g/mol. The average Bonchev–Trinajstić information content (AvgIpc) is 2.52. The highest BCUT2D eigenvalue weighted by molar-refractivity contribution is 5.90. The standard InChI is InChI=1S/C18H28N2O4/c1-5-6-7-9-14(2)19-18(3,4)13-24-17(21)15-10-8-11-16(12-15)20(22)23/h8,10-12,14,19H,5-7,9,13H2,1-4H3. The Kier molecular flexibility index (Phi) is 7.85. The number of esters is 1. The molecule has 1 atom stereocenters. The molecule has 1 rings (SSSR count). The van der Waals surface area contributed by atoms with Crippen molar-refractivity contribution in [1.82, 2.24) is 5.32 Å². The molecule has 0 bridgehead atoms. The van der Waals surface area contributed by atoms with Crippen molar-refractivity contribution in [3.05, 3.63) is 39.9 Å². The summed E-state index contributed by atoms with van der Waals surface area (Å²) >= 11 is 0. The Labute approximate surface area is 143 Å². The van der Waals surface area contributed by atoms with E-state index in [0.29, 0.717) is 6.04 Å². The van der Waals surface area contributed by atoms with Crippen LogP contribution in [0.15, 0.2) is 24.3 Å². The Morgan fingerprint density at radius 3 is 2.71 bits per heavy atom. The van der Waals surface area contributed by atoms with Gasteiger partial charge >= 0.3 is 5.97 Å². The molecule has 6 nitrogen and oxygen atoms in total. The molecule has 24 heavy (non-hydrogen) atoms. The van der Waals surface area contributed by atoms with Gasteiger partial charge in [0.05, 0.1) is 10.5 Å². The number of hydrogen-bond acceptors (Lipinski definition) is 5. The first kappa shape index (κ1) is 20.1. The maximum atomic E-state index is 12.1. The maximum Gasteiger partial charge on any atom is 0.338 e. The SMILES string of the molecule is CCCCCC(C)NC(C)(C)COC(=O)c1cccc([N+](=O)[O-])c1. The summed E-state index contributed by atoms with van der Waals surface area (Å²) in [4.78, 5) is 22.3. The molecule has 134 valence electrons. The molecule has 0 aliphatic carbocycles. The number of nitro groups is 1. The highest BCUT2D eigenvalue weighted by atomic mass is 16.6. The van der Waals surface area contributed by atoms with Crippen LogP contribution in [0, 0.1) is 10.1 Å². The molecule has 0 saturated heterocycles. The van der Waals surface area contributed by atoms with Gasteiger partial charge < -0.3 is 10.1 Å². The second kappa shape index (κ2) is 9.37. The van der Waals surface area contributed by atoms with Gasteiger partial charge in [-0.15, -0.1) is 0 Å². The average molecular weight is 336 g/mol.